The van der Waals surface area contributed by atoms with E-state index in [4.69, 9.17) is 10.5 Å². The highest BCUT2D eigenvalue weighted by molar-refractivity contribution is 6.09. The van der Waals surface area contributed by atoms with Crippen LogP contribution in [0.15, 0.2) is 54.1 Å². The van der Waals surface area contributed by atoms with Crippen molar-refractivity contribution in [1.29, 1.82) is 5.26 Å². The lowest BCUT2D eigenvalue weighted by molar-refractivity contribution is -0.120. The molecule has 2 aromatic rings. The van der Waals surface area contributed by atoms with E-state index in [0.717, 1.165) is 12.0 Å². The Kier molecular flexibility index (Phi) is 6.52. The van der Waals surface area contributed by atoms with Gasteiger partial charge in [0.25, 0.3) is 11.8 Å². The van der Waals surface area contributed by atoms with Gasteiger partial charge in [0.15, 0.2) is 6.61 Å². The van der Waals surface area contributed by atoms with Crippen molar-refractivity contribution in [2.75, 3.05) is 11.9 Å². The van der Waals surface area contributed by atoms with E-state index in [9.17, 15) is 14.9 Å². The molecule has 0 spiro atoms. The number of anilines is 1. The van der Waals surface area contributed by atoms with Gasteiger partial charge >= 0.3 is 0 Å². The molecule has 2 amide bonds. The predicted molar refractivity (Wildman–Crippen MR) is 99.2 cm³/mol. The van der Waals surface area contributed by atoms with E-state index >= 15 is 0 Å². The van der Waals surface area contributed by atoms with Crippen molar-refractivity contribution >= 4 is 23.6 Å². The molecule has 6 nitrogen and oxygen atoms in total. The zero-order valence-corrected chi connectivity index (χ0v) is 14.4. The van der Waals surface area contributed by atoms with Crippen molar-refractivity contribution in [3.63, 3.8) is 0 Å². The minimum Gasteiger partial charge on any atom is -0.484 e. The van der Waals surface area contributed by atoms with Crippen molar-refractivity contribution in [2.24, 2.45) is 5.73 Å². The topological polar surface area (TPSA) is 105 Å². The first-order valence-corrected chi connectivity index (χ1v) is 8.05. The van der Waals surface area contributed by atoms with Gasteiger partial charge < -0.3 is 15.8 Å². The largest absolute Gasteiger partial charge is 0.484 e. The second kappa shape index (κ2) is 9.04. The third-order valence-corrected chi connectivity index (χ3v) is 3.56. The maximum atomic E-state index is 12.3. The van der Waals surface area contributed by atoms with E-state index in [1.807, 2.05) is 25.1 Å². The van der Waals surface area contributed by atoms with Crippen LogP contribution in [-0.2, 0) is 16.0 Å². The highest BCUT2D eigenvalue weighted by atomic mass is 16.5. The minimum atomic E-state index is -0.565. The van der Waals surface area contributed by atoms with Gasteiger partial charge in [-0.2, -0.15) is 5.26 Å². The fraction of sp³-hybridized carbons (Fsp3) is 0.150. The summed E-state index contributed by atoms with van der Waals surface area (Å²) in [6.07, 6.45) is 2.39. The molecule has 0 aromatic heterocycles. The van der Waals surface area contributed by atoms with Crippen LogP contribution in [0.1, 0.15) is 18.1 Å². The van der Waals surface area contributed by atoms with Crippen LogP contribution in [0.5, 0.6) is 5.75 Å². The van der Waals surface area contributed by atoms with Gasteiger partial charge in [-0.1, -0.05) is 31.2 Å². The molecule has 6 heteroatoms. The Balaban J connectivity index is 2.07. The number of hydrogen-bond donors (Lipinski definition) is 2. The van der Waals surface area contributed by atoms with E-state index in [1.54, 1.807) is 36.4 Å². The van der Waals surface area contributed by atoms with Crippen LogP contribution in [0.3, 0.4) is 0 Å². The average Bonchev–Trinajstić information content (AvgIpc) is 2.65. The molecule has 0 heterocycles. The average molecular weight is 349 g/mol. The maximum Gasteiger partial charge on any atom is 0.266 e. The summed E-state index contributed by atoms with van der Waals surface area (Å²) >= 11 is 0. The zero-order chi connectivity index (χ0) is 18.9. The van der Waals surface area contributed by atoms with Gasteiger partial charge in [-0.15, -0.1) is 0 Å². The molecule has 0 bridgehead atoms. The highest BCUT2D eigenvalue weighted by Gasteiger charge is 2.09. The summed E-state index contributed by atoms with van der Waals surface area (Å²) < 4.78 is 5.16. The second-order valence-electron chi connectivity index (χ2n) is 5.50. The number of rotatable bonds is 7. The molecule has 2 aromatic carbocycles. The molecule has 0 fully saturated rings. The molecule has 3 N–H and O–H groups in total. The summed E-state index contributed by atoms with van der Waals surface area (Å²) in [5, 5.41) is 12.0. The van der Waals surface area contributed by atoms with Crippen LogP contribution in [0, 0.1) is 11.3 Å². The molecule has 0 aliphatic rings. The number of nitrogens with zero attached hydrogens (tertiary/aromatic N) is 1. The maximum absolute atomic E-state index is 12.3. The summed E-state index contributed by atoms with van der Waals surface area (Å²) in [4.78, 5) is 23.0. The fourth-order valence-corrected chi connectivity index (χ4v) is 2.15. The molecule has 132 valence electrons. The van der Waals surface area contributed by atoms with Crippen LogP contribution < -0.4 is 15.8 Å². The number of hydrogen-bond acceptors (Lipinski definition) is 4. The zero-order valence-electron chi connectivity index (χ0n) is 14.4. The van der Waals surface area contributed by atoms with Gasteiger partial charge in [0, 0.05) is 5.69 Å². The molecule has 0 atom stereocenters. The molecular formula is C20H19N3O3. The third-order valence-electron chi connectivity index (χ3n) is 3.56. The van der Waals surface area contributed by atoms with Gasteiger partial charge in [0.05, 0.1) is 0 Å². The first-order chi connectivity index (χ1) is 12.5. The molecule has 0 radical (unpaired) electrons. The first kappa shape index (κ1) is 18.7. The van der Waals surface area contributed by atoms with Gasteiger partial charge in [-0.25, -0.2) is 0 Å². The van der Waals surface area contributed by atoms with Crippen LogP contribution in [0.4, 0.5) is 5.69 Å². The fourth-order valence-electron chi connectivity index (χ4n) is 2.15. The lowest BCUT2D eigenvalue weighted by Gasteiger charge is -2.06. The first-order valence-electron chi connectivity index (χ1n) is 8.05. The third kappa shape index (κ3) is 5.49. The number of amides is 2. The number of aryl methyl sites for hydroxylation is 1. The van der Waals surface area contributed by atoms with E-state index in [1.165, 1.54) is 6.08 Å². The Morgan fingerprint density at radius 2 is 1.81 bits per heavy atom. The summed E-state index contributed by atoms with van der Waals surface area (Å²) in [7, 11) is 0. The van der Waals surface area contributed by atoms with E-state index in [0.29, 0.717) is 17.0 Å². The van der Waals surface area contributed by atoms with Crippen molar-refractivity contribution < 1.29 is 14.3 Å². The molecule has 0 saturated carbocycles. The summed E-state index contributed by atoms with van der Waals surface area (Å²) in [6.45, 7) is 1.84. The van der Waals surface area contributed by atoms with Crippen molar-refractivity contribution in [3.05, 3.63) is 65.2 Å². The number of primary amides is 1. The van der Waals surface area contributed by atoms with Crippen molar-refractivity contribution in [3.8, 4) is 11.8 Å². The van der Waals surface area contributed by atoms with Crippen molar-refractivity contribution in [1.82, 2.24) is 0 Å². The van der Waals surface area contributed by atoms with Gasteiger partial charge in [0.2, 0.25) is 0 Å². The number of ether oxygens (including phenoxy) is 1. The lowest BCUT2D eigenvalue weighted by atomic mass is 10.1. The second-order valence-corrected chi connectivity index (χ2v) is 5.50. The van der Waals surface area contributed by atoms with Gasteiger partial charge in [-0.05, 0) is 47.9 Å². The number of nitrogens with one attached hydrogen (secondary N) is 1. The molecule has 0 saturated heterocycles. The number of nitrogens with two attached hydrogens (primary N) is 1. The van der Waals surface area contributed by atoms with E-state index in [2.05, 4.69) is 5.32 Å². The molecule has 0 aliphatic heterocycles. The molecule has 0 aliphatic carbocycles. The Labute approximate surface area is 151 Å². The van der Waals surface area contributed by atoms with Crippen LogP contribution in [0.25, 0.3) is 6.08 Å². The predicted octanol–water partition coefficient (Wildman–Crippen LogP) is 2.66. The summed E-state index contributed by atoms with van der Waals surface area (Å²) in [6, 6.07) is 16.0. The molecular weight excluding hydrogens is 330 g/mol. The van der Waals surface area contributed by atoms with Crippen LogP contribution >= 0.6 is 0 Å². The van der Waals surface area contributed by atoms with Crippen LogP contribution in [0.2, 0.25) is 0 Å². The Bertz CT molecular complexity index is 847. The lowest BCUT2D eigenvalue weighted by Crippen LogP contribution is -2.19. The monoisotopic (exact) mass is 349 g/mol. The van der Waals surface area contributed by atoms with E-state index < -0.39 is 11.8 Å². The number of carbonyl (C=O) groups excluding carboxylic acids is 2. The number of nitriles is 1. The molecule has 2 rings (SSSR count). The Hall–Kier alpha value is -3.59. The highest BCUT2D eigenvalue weighted by Crippen LogP contribution is 2.16. The number of benzene rings is 2. The Morgan fingerprint density at radius 3 is 2.35 bits per heavy atom. The molecule has 26 heavy (non-hydrogen) atoms. The summed E-state index contributed by atoms with van der Waals surface area (Å²) in [5.74, 6) is -0.574. The standard InChI is InChI=1S/C20H19N3O3/c1-2-14-3-7-17(8-4-14)23-20(25)16(12-21)11-15-5-9-18(10-6-15)26-13-19(22)24/h3-11H,2,13H2,1H3,(H2,22,24)(H,23,25)/b16-11-. The minimum absolute atomic E-state index is 0.0182. The Morgan fingerprint density at radius 1 is 1.15 bits per heavy atom. The van der Waals surface area contributed by atoms with E-state index in [-0.39, 0.29) is 12.2 Å². The summed E-state index contributed by atoms with van der Waals surface area (Å²) in [5.41, 5.74) is 7.44. The quantitative estimate of drug-likeness (QED) is 0.592. The molecule has 0 unspecified atom stereocenters. The van der Waals surface area contributed by atoms with Crippen molar-refractivity contribution in [2.45, 2.75) is 13.3 Å². The van der Waals surface area contributed by atoms with Gasteiger partial charge in [-0.3, -0.25) is 9.59 Å². The van der Waals surface area contributed by atoms with Crippen LogP contribution in [-0.4, -0.2) is 18.4 Å². The SMILES string of the molecule is CCc1ccc(NC(=O)/C(C#N)=C\c2ccc(OCC(N)=O)cc2)cc1. The van der Waals surface area contributed by atoms with Gasteiger partial charge in [0.1, 0.15) is 17.4 Å². The number of carbonyl (C=O) groups is 2. The smallest absolute Gasteiger partial charge is 0.266 e. The normalized spacial score (nSPS) is 10.7.